The molecule has 3 nitrogen and oxygen atoms in total. The van der Waals surface area contributed by atoms with Crippen LogP contribution in [0.25, 0.3) is 0 Å². The number of hydrogen-bond acceptors (Lipinski definition) is 2. The molecular formula is C15H23IN2O. The van der Waals surface area contributed by atoms with Crippen molar-refractivity contribution in [3.05, 3.63) is 32.9 Å². The van der Waals surface area contributed by atoms with Gasteiger partial charge in [0.05, 0.1) is 5.56 Å². The van der Waals surface area contributed by atoms with Gasteiger partial charge in [-0.1, -0.05) is 26.0 Å². The van der Waals surface area contributed by atoms with Gasteiger partial charge in [-0.2, -0.15) is 0 Å². The van der Waals surface area contributed by atoms with E-state index in [2.05, 4.69) is 36.4 Å². The number of amides is 1. The van der Waals surface area contributed by atoms with Crippen LogP contribution in [0.5, 0.6) is 0 Å². The first-order valence-corrected chi connectivity index (χ1v) is 7.64. The molecule has 0 aliphatic heterocycles. The molecule has 1 aromatic carbocycles. The summed E-state index contributed by atoms with van der Waals surface area (Å²) in [6.45, 7) is 10.2. The standard InChI is InChI=1S/C15H23IN2O/c1-5-18(10-15(3,4)9-17)14(19)12-8-6-7-11(2)13(12)16/h6-8H,5,9-10,17H2,1-4H3. The topological polar surface area (TPSA) is 46.3 Å². The van der Waals surface area contributed by atoms with Gasteiger partial charge in [0.1, 0.15) is 0 Å². The van der Waals surface area contributed by atoms with Crippen LogP contribution in [0.1, 0.15) is 36.7 Å². The molecule has 0 radical (unpaired) electrons. The third-order valence-electron chi connectivity index (χ3n) is 3.26. The Bertz CT molecular complexity index is 457. The molecule has 0 atom stereocenters. The van der Waals surface area contributed by atoms with E-state index in [0.29, 0.717) is 19.6 Å². The average Bonchev–Trinajstić information content (AvgIpc) is 2.38. The van der Waals surface area contributed by atoms with Gasteiger partial charge in [-0.15, -0.1) is 0 Å². The molecule has 4 heteroatoms. The zero-order valence-corrected chi connectivity index (χ0v) is 14.3. The van der Waals surface area contributed by atoms with Crippen LogP contribution >= 0.6 is 22.6 Å². The van der Waals surface area contributed by atoms with E-state index in [0.717, 1.165) is 14.7 Å². The second-order valence-corrected chi connectivity index (χ2v) is 6.70. The first kappa shape index (κ1) is 16.4. The molecule has 1 aromatic rings. The number of nitrogens with zero attached hydrogens (tertiary/aromatic N) is 1. The van der Waals surface area contributed by atoms with E-state index in [1.807, 2.05) is 36.9 Å². The Hall–Kier alpha value is -0.620. The zero-order chi connectivity index (χ0) is 14.6. The zero-order valence-electron chi connectivity index (χ0n) is 12.2. The van der Waals surface area contributed by atoms with Gasteiger partial charge in [-0.05, 0) is 60.0 Å². The van der Waals surface area contributed by atoms with Crippen molar-refractivity contribution in [3.8, 4) is 0 Å². The minimum Gasteiger partial charge on any atom is -0.338 e. The second-order valence-electron chi connectivity index (χ2n) is 5.62. The van der Waals surface area contributed by atoms with Gasteiger partial charge in [-0.3, -0.25) is 4.79 Å². The molecule has 19 heavy (non-hydrogen) atoms. The van der Waals surface area contributed by atoms with Crippen LogP contribution < -0.4 is 5.73 Å². The van der Waals surface area contributed by atoms with Gasteiger partial charge < -0.3 is 10.6 Å². The van der Waals surface area contributed by atoms with E-state index < -0.39 is 0 Å². The third kappa shape index (κ3) is 4.18. The molecule has 0 spiro atoms. The summed E-state index contributed by atoms with van der Waals surface area (Å²) in [5.74, 6) is 0.0946. The van der Waals surface area contributed by atoms with Gasteiger partial charge in [0.2, 0.25) is 0 Å². The molecule has 0 aliphatic rings. The first-order valence-electron chi connectivity index (χ1n) is 6.57. The number of nitrogens with two attached hydrogens (primary N) is 1. The van der Waals surface area contributed by atoms with Crippen molar-refractivity contribution in [2.75, 3.05) is 19.6 Å². The lowest BCUT2D eigenvalue weighted by molar-refractivity contribution is 0.0699. The molecule has 0 bridgehead atoms. The van der Waals surface area contributed by atoms with Crippen LogP contribution in [-0.4, -0.2) is 30.4 Å². The van der Waals surface area contributed by atoms with E-state index in [-0.39, 0.29) is 11.3 Å². The molecule has 0 fully saturated rings. The van der Waals surface area contributed by atoms with Crippen molar-refractivity contribution in [1.29, 1.82) is 0 Å². The van der Waals surface area contributed by atoms with E-state index >= 15 is 0 Å². The van der Waals surface area contributed by atoms with Crippen LogP contribution in [0, 0.1) is 15.9 Å². The fourth-order valence-electron chi connectivity index (χ4n) is 1.89. The van der Waals surface area contributed by atoms with Gasteiger partial charge in [0, 0.05) is 16.7 Å². The molecule has 1 rings (SSSR count). The number of benzene rings is 1. The maximum absolute atomic E-state index is 12.6. The molecular weight excluding hydrogens is 351 g/mol. The van der Waals surface area contributed by atoms with Crippen molar-refractivity contribution < 1.29 is 4.79 Å². The molecule has 1 amide bonds. The number of halogens is 1. The Morgan fingerprint density at radius 3 is 2.58 bits per heavy atom. The van der Waals surface area contributed by atoms with Crippen LogP contribution in [0.3, 0.4) is 0 Å². The van der Waals surface area contributed by atoms with E-state index in [1.54, 1.807) is 0 Å². The number of aryl methyl sites for hydroxylation is 1. The summed E-state index contributed by atoms with van der Waals surface area (Å²) < 4.78 is 1.04. The summed E-state index contributed by atoms with van der Waals surface area (Å²) in [5, 5.41) is 0. The highest BCUT2D eigenvalue weighted by Gasteiger charge is 2.24. The van der Waals surface area contributed by atoms with Crippen molar-refractivity contribution >= 4 is 28.5 Å². The molecule has 0 unspecified atom stereocenters. The Balaban J connectivity index is 2.99. The highest BCUT2D eigenvalue weighted by Crippen LogP contribution is 2.21. The normalized spacial score (nSPS) is 11.5. The number of hydrogen-bond donors (Lipinski definition) is 1. The molecule has 0 aliphatic carbocycles. The molecule has 0 aromatic heterocycles. The van der Waals surface area contributed by atoms with Crippen LogP contribution in [-0.2, 0) is 0 Å². The predicted molar refractivity (Wildman–Crippen MR) is 88.3 cm³/mol. The average molecular weight is 374 g/mol. The fraction of sp³-hybridized carbons (Fsp3) is 0.533. The third-order valence-corrected chi connectivity index (χ3v) is 4.69. The molecule has 2 N–H and O–H groups in total. The summed E-state index contributed by atoms with van der Waals surface area (Å²) in [7, 11) is 0. The molecule has 106 valence electrons. The van der Waals surface area contributed by atoms with Crippen LogP contribution in [0.15, 0.2) is 18.2 Å². The number of carbonyl (C=O) groups excluding carboxylic acids is 1. The van der Waals surface area contributed by atoms with Crippen LogP contribution in [0.2, 0.25) is 0 Å². The molecule has 0 heterocycles. The van der Waals surface area contributed by atoms with Gasteiger partial charge in [0.25, 0.3) is 5.91 Å². The van der Waals surface area contributed by atoms with Crippen LogP contribution in [0.4, 0.5) is 0 Å². The number of rotatable bonds is 5. The first-order chi connectivity index (χ1) is 8.82. The van der Waals surface area contributed by atoms with Gasteiger partial charge in [-0.25, -0.2) is 0 Å². The van der Waals surface area contributed by atoms with E-state index in [9.17, 15) is 4.79 Å². The largest absolute Gasteiger partial charge is 0.338 e. The Kier molecular flexibility index (Phi) is 5.80. The van der Waals surface area contributed by atoms with Crippen molar-refractivity contribution in [2.24, 2.45) is 11.1 Å². The highest BCUT2D eigenvalue weighted by atomic mass is 127. The Morgan fingerprint density at radius 1 is 1.42 bits per heavy atom. The van der Waals surface area contributed by atoms with Gasteiger partial charge >= 0.3 is 0 Å². The summed E-state index contributed by atoms with van der Waals surface area (Å²) in [6, 6.07) is 5.86. The lowest BCUT2D eigenvalue weighted by Crippen LogP contribution is -2.42. The summed E-state index contributed by atoms with van der Waals surface area (Å²) in [4.78, 5) is 14.5. The lowest BCUT2D eigenvalue weighted by atomic mass is 9.93. The van der Waals surface area contributed by atoms with Gasteiger partial charge in [0.15, 0.2) is 0 Å². The Labute approximate surface area is 129 Å². The van der Waals surface area contributed by atoms with E-state index in [4.69, 9.17) is 5.73 Å². The Morgan fingerprint density at radius 2 is 2.05 bits per heavy atom. The molecule has 0 saturated heterocycles. The second kappa shape index (κ2) is 6.70. The maximum atomic E-state index is 12.6. The van der Waals surface area contributed by atoms with E-state index in [1.165, 1.54) is 0 Å². The lowest BCUT2D eigenvalue weighted by Gasteiger charge is -2.31. The SMILES string of the molecule is CCN(CC(C)(C)CN)C(=O)c1cccc(C)c1I. The highest BCUT2D eigenvalue weighted by molar-refractivity contribution is 14.1. The summed E-state index contributed by atoms with van der Waals surface area (Å²) >= 11 is 2.24. The molecule has 0 saturated carbocycles. The summed E-state index contributed by atoms with van der Waals surface area (Å²) in [6.07, 6.45) is 0. The number of carbonyl (C=O) groups is 1. The summed E-state index contributed by atoms with van der Waals surface area (Å²) in [5.41, 5.74) is 7.63. The fourth-order valence-corrected chi connectivity index (χ4v) is 2.48. The predicted octanol–water partition coefficient (Wildman–Crippen LogP) is 3.05. The minimum atomic E-state index is -0.0546. The minimum absolute atomic E-state index is 0.0546. The van der Waals surface area contributed by atoms with Crippen molar-refractivity contribution in [1.82, 2.24) is 4.90 Å². The smallest absolute Gasteiger partial charge is 0.254 e. The van der Waals surface area contributed by atoms with Crippen molar-refractivity contribution in [2.45, 2.75) is 27.7 Å². The maximum Gasteiger partial charge on any atom is 0.254 e. The van der Waals surface area contributed by atoms with Crippen molar-refractivity contribution in [3.63, 3.8) is 0 Å². The quantitative estimate of drug-likeness (QED) is 0.806. The monoisotopic (exact) mass is 374 g/mol.